The lowest BCUT2D eigenvalue weighted by atomic mass is 9.84. The van der Waals surface area contributed by atoms with E-state index >= 15 is 0 Å². The normalized spacial score (nSPS) is 33.3. The molecule has 0 aliphatic heterocycles. The molecule has 2 rings (SSSR count). The maximum absolute atomic E-state index is 12.5. The maximum atomic E-state index is 12.5. The Labute approximate surface area is 117 Å². The number of fused-ring (bicyclic) bond motifs is 2. The van der Waals surface area contributed by atoms with E-state index in [1.165, 1.54) is 19.3 Å². The van der Waals surface area contributed by atoms with Gasteiger partial charge in [0, 0.05) is 19.1 Å². The van der Waals surface area contributed by atoms with Crippen molar-refractivity contribution in [3.05, 3.63) is 0 Å². The molecule has 0 radical (unpaired) electrons. The summed E-state index contributed by atoms with van der Waals surface area (Å²) < 4.78 is 0. The van der Waals surface area contributed by atoms with Gasteiger partial charge in [-0.05, 0) is 44.4 Å². The van der Waals surface area contributed by atoms with E-state index in [2.05, 4.69) is 13.8 Å². The molecule has 0 spiro atoms. The fourth-order valence-corrected chi connectivity index (χ4v) is 3.69. The Morgan fingerprint density at radius 1 is 1.28 bits per heavy atom. The molecule has 18 heavy (non-hydrogen) atoms. The van der Waals surface area contributed by atoms with E-state index in [0.29, 0.717) is 17.7 Å². The van der Waals surface area contributed by atoms with Crippen molar-refractivity contribution < 1.29 is 4.79 Å². The molecule has 0 saturated heterocycles. The van der Waals surface area contributed by atoms with Crippen molar-refractivity contribution in [3.63, 3.8) is 0 Å². The van der Waals surface area contributed by atoms with Crippen molar-refractivity contribution in [3.8, 4) is 0 Å². The molecule has 2 saturated carbocycles. The average molecular weight is 275 g/mol. The van der Waals surface area contributed by atoms with Gasteiger partial charge in [-0.2, -0.15) is 0 Å². The van der Waals surface area contributed by atoms with Crippen molar-refractivity contribution in [2.75, 3.05) is 13.1 Å². The quantitative estimate of drug-likeness (QED) is 0.837. The molecular weight excluding hydrogens is 248 g/mol. The van der Waals surface area contributed by atoms with Gasteiger partial charge in [-0.3, -0.25) is 4.79 Å². The summed E-state index contributed by atoms with van der Waals surface area (Å²) in [6.07, 6.45) is 5.92. The topological polar surface area (TPSA) is 46.3 Å². The lowest BCUT2D eigenvalue weighted by Gasteiger charge is -2.32. The van der Waals surface area contributed by atoms with Gasteiger partial charge < -0.3 is 10.6 Å². The molecule has 0 aromatic heterocycles. The van der Waals surface area contributed by atoms with Crippen LogP contribution in [0.2, 0.25) is 0 Å². The second-order valence-corrected chi connectivity index (χ2v) is 5.71. The van der Waals surface area contributed by atoms with Gasteiger partial charge in [0.05, 0.1) is 5.92 Å². The third-order valence-corrected chi connectivity index (χ3v) is 4.74. The number of hydrogen-bond donors (Lipinski definition) is 1. The highest BCUT2D eigenvalue weighted by Gasteiger charge is 2.49. The van der Waals surface area contributed by atoms with Crippen LogP contribution in [-0.4, -0.2) is 29.9 Å². The van der Waals surface area contributed by atoms with Crippen LogP contribution in [0, 0.1) is 17.8 Å². The highest BCUT2D eigenvalue weighted by Crippen LogP contribution is 2.48. The molecule has 4 heteroatoms. The molecule has 4 unspecified atom stereocenters. The molecule has 2 fully saturated rings. The summed E-state index contributed by atoms with van der Waals surface area (Å²) in [7, 11) is 0. The molecule has 4 atom stereocenters. The first-order chi connectivity index (χ1) is 8.19. The first kappa shape index (κ1) is 15.8. The van der Waals surface area contributed by atoms with Crippen molar-refractivity contribution in [2.45, 2.75) is 52.0 Å². The number of nitrogens with zero attached hydrogens (tertiary/aromatic N) is 1. The third kappa shape index (κ3) is 2.83. The Kier molecular flexibility index (Phi) is 5.93. The van der Waals surface area contributed by atoms with Crippen LogP contribution in [0.15, 0.2) is 0 Å². The number of carbonyl (C=O) groups is 1. The van der Waals surface area contributed by atoms with Crippen molar-refractivity contribution in [2.24, 2.45) is 23.5 Å². The summed E-state index contributed by atoms with van der Waals surface area (Å²) in [6, 6.07) is 0.136. The van der Waals surface area contributed by atoms with E-state index in [4.69, 9.17) is 5.73 Å². The summed E-state index contributed by atoms with van der Waals surface area (Å²) in [4.78, 5) is 14.6. The molecule has 2 aliphatic carbocycles. The molecule has 0 aromatic rings. The Balaban J connectivity index is 0.00000162. The van der Waals surface area contributed by atoms with Crippen LogP contribution in [0.1, 0.15) is 46.0 Å². The number of hydrogen-bond acceptors (Lipinski definition) is 2. The molecule has 2 bridgehead atoms. The average Bonchev–Trinajstić information content (AvgIpc) is 2.90. The van der Waals surface area contributed by atoms with Crippen LogP contribution >= 0.6 is 12.4 Å². The van der Waals surface area contributed by atoms with E-state index in [9.17, 15) is 4.79 Å². The van der Waals surface area contributed by atoms with Crippen LogP contribution < -0.4 is 5.73 Å². The van der Waals surface area contributed by atoms with Crippen LogP contribution in [0.25, 0.3) is 0 Å². The molecule has 3 nitrogen and oxygen atoms in total. The number of nitrogens with two attached hydrogens (primary N) is 1. The van der Waals surface area contributed by atoms with Gasteiger partial charge in [-0.25, -0.2) is 0 Å². The van der Waals surface area contributed by atoms with E-state index in [1.807, 2.05) is 4.90 Å². The van der Waals surface area contributed by atoms with Gasteiger partial charge in [-0.1, -0.05) is 13.3 Å². The lowest BCUT2D eigenvalue weighted by Crippen LogP contribution is -2.47. The minimum absolute atomic E-state index is 0. The van der Waals surface area contributed by atoms with Crippen molar-refractivity contribution >= 4 is 18.3 Å². The van der Waals surface area contributed by atoms with Gasteiger partial charge in [0.2, 0.25) is 5.91 Å². The zero-order chi connectivity index (χ0) is 12.4. The van der Waals surface area contributed by atoms with E-state index in [-0.39, 0.29) is 24.4 Å². The number of carbonyl (C=O) groups excluding carboxylic acids is 1. The number of rotatable bonds is 5. The van der Waals surface area contributed by atoms with E-state index < -0.39 is 0 Å². The van der Waals surface area contributed by atoms with E-state index in [1.54, 1.807) is 0 Å². The summed E-state index contributed by atoms with van der Waals surface area (Å²) in [5.74, 6) is 1.67. The Hall–Kier alpha value is -0.280. The molecule has 0 aromatic carbocycles. The highest BCUT2D eigenvalue weighted by molar-refractivity contribution is 5.85. The Bertz CT molecular complexity index is 283. The fourth-order valence-electron chi connectivity index (χ4n) is 3.69. The van der Waals surface area contributed by atoms with Gasteiger partial charge >= 0.3 is 0 Å². The largest absolute Gasteiger partial charge is 0.343 e. The predicted molar refractivity (Wildman–Crippen MR) is 76.7 cm³/mol. The summed E-state index contributed by atoms with van der Waals surface area (Å²) in [6.45, 7) is 5.99. The first-order valence-electron chi connectivity index (χ1n) is 7.23. The van der Waals surface area contributed by atoms with Crippen LogP contribution in [0.5, 0.6) is 0 Å². The standard InChI is InChI=1S/C14H26N2O.ClH/c1-3-5-8-16(4-2)14(17)12-10-6-7-11(9-10)13(12)15;/h10-13H,3-9,15H2,1-2H3;1H. The van der Waals surface area contributed by atoms with Gasteiger partial charge in [0.25, 0.3) is 0 Å². The fraction of sp³-hybridized carbons (Fsp3) is 0.929. The molecule has 0 heterocycles. The highest BCUT2D eigenvalue weighted by atomic mass is 35.5. The smallest absolute Gasteiger partial charge is 0.227 e. The van der Waals surface area contributed by atoms with Crippen molar-refractivity contribution in [1.29, 1.82) is 0 Å². The van der Waals surface area contributed by atoms with Crippen LogP contribution in [-0.2, 0) is 4.79 Å². The molecule has 2 aliphatic rings. The van der Waals surface area contributed by atoms with Crippen molar-refractivity contribution in [1.82, 2.24) is 4.90 Å². The Morgan fingerprint density at radius 2 is 1.94 bits per heavy atom. The molecule has 1 amide bonds. The minimum atomic E-state index is 0. The maximum Gasteiger partial charge on any atom is 0.227 e. The number of halogens is 1. The second-order valence-electron chi connectivity index (χ2n) is 5.71. The lowest BCUT2D eigenvalue weighted by molar-refractivity contribution is -0.137. The Morgan fingerprint density at radius 3 is 2.44 bits per heavy atom. The number of amides is 1. The van der Waals surface area contributed by atoms with Crippen LogP contribution in [0.3, 0.4) is 0 Å². The number of unbranched alkanes of at least 4 members (excludes halogenated alkanes) is 1. The molecular formula is C14H27ClN2O. The van der Waals surface area contributed by atoms with Gasteiger partial charge in [0.15, 0.2) is 0 Å². The van der Waals surface area contributed by atoms with Gasteiger partial charge in [-0.15, -0.1) is 12.4 Å². The molecule has 2 N–H and O–H groups in total. The third-order valence-electron chi connectivity index (χ3n) is 4.74. The second kappa shape index (κ2) is 6.76. The van der Waals surface area contributed by atoms with Gasteiger partial charge in [0.1, 0.15) is 0 Å². The summed E-state index contributed by atoms with van der Waals surface area (Å²) in [5, 5.41) is 0. The minimum Gasteiger partial charge on any atom is -0.343 e. The monoisotopic (exact) mass is 274 g/mol. The first-order valence-corrected chi connectivity index (χ1v) is 7.23. The summed E-state index contributed by atoms with van der Waals surface area (Å²) in [5.41, 5.74) is 6.24. The predicted octanol–water partition coefficient (Wildman–Crippen LogP) is 2.43. The SMILES string of the molecule is CCCCN(CC)C(=O)C1C2CCC(C2)C1N.Cl. The zero-order valence-electron chi connectivity index (χ0n) is 11.6. The molecule has 106 valence electrons. The van der Waals surface area contributed by atoms with Crippen LogP contribution in [0.4, 0.5) is 0 Å². The zero-order valence-corrected chi connectivity index (χ0v) is 12.4. The van der Waals surface area contributed by atoms with E-state index in [0.717, 1.165) is 25.9 Å². The summed E-state index contributed by atoms with van der Waals surface area (Å²) >= 11 is 0.